The van der Waals surface area contributed by atoms with Gasteiger partial charge in [0.1, 0.15) is 5.00 Å². The van der Waals surface area contributed by atoms with E-state index in [-0.39, 0.29) is 0 Å². The van der Waals surface area contributed by atoms with E-state index >= 15 is 0 Å². The van der Waals surface area contributed by atoms with E-state index in [1.165, 1.54) is 23.4 Å². The third kappa shape index (κ3) is 2.03. The Kier molecular flexibility index (Phi) is 2.99. The first kappa shape index (κ1) is 11.0. The molecule has 0 amide bonds. The molecule has 3 rings (SSSR count). The average Bonchev–Trinajstić information content (AvgIpc) is 2.95. The molecule has 1 aliphatic heterocycles. The van der Waals surface area contributed by atoms with Crippen molar-refractivity contribution in [2.45, 2.75) is 6.42 Å². The van der Waals surface area contributed by atoms with Gasteiger partial charge < -0.3 is 10.2 Å². The number of aromatic nitrogens is 1. The van der Waals surface area contributed by atoms with Gasteiger partial charge in [-0.05, 0) is 49.6 Å². The Balaban J connectivity index is 1.85. The number of fused-ring (bicyclic) bond motifs is 1. The van der Waals surface area contributed by atoms with Crippen LogP contribution in [-0.2, 0) is 0 Å². The molecule has 2 heterocycles. The number of hydrogen-bond donors (Lipinski definition) is 1. The largest absolute Gasteiger partial charge is 0.361 e. The molecule has 1 aromatic carbocycles. The second kappa shape index (κ2) is 4.63. The minimum absolute atomic E-state index is 0.779. The summed E-state index contributed by atoms with van der Waals surface area (Å²) in [5.74, 6) is 0.779. The number of anilines is 1. The van der Waals surface area contributed by atoms with Crippen molar-refractivity contribution in [3.63, 3.8) is 0 Å². The molecule has 1 atom stereocenters. The van der Waals surface area contributed by atoms with E-state index in [0.717, 1.165) is 24.5 Å². The molecular weight excluding hydrogens is 230 g/mol. The van der Waals surface area contributed by atoms with Crippen molar-refractivity contribution in [3.8, 4) is 0 Å². The van der Waals surface area contributed by atoms with E-state index in [0.29, 0.717) is 0 Å². The lowest BCUT2D eigenvalue weighted by Crippen LogP contribution is -2.23. The van der Waals surface area contributed by atoms with Gasteiger partial charge in [-0.25, -0.2) is 0 Å². The fraction of sp³-hybridized carbons (Fsp3) is 0.462. The van der Waals surface area contributed by atoms with Crippen LogP contribution in [-0.4, -0.2) is 31.1 Å². The predicted molar refractivity (Wildman–Crippen MR) is 73.9 cm³/mol. The topological polar surface area (TPSA) is 28.2 Å². The van der Waals surface area contributed by atoms with Gasteiger partial charge in [0.05, 0.1) is 5.52 Å². The van der Waals surface area contributed by atoms with Gasteiger partial charge in [0, 0.05) is 18.5 Å². The van der Waals surface area contributed by atoms with Crippen LogP contribution >= 0.6 is 11.5 Å². The third-order valence-corrected chi connectivity index (χ3v) is 4.37. The highest BCUT2D eigenvalue weighted by atomic mass is 32.1. The molecule has 3 nitrogen and oxygen atoms in total. The maximum absolute atomic E-state index is 4.52. The predicted octanol–water partition coefficient (Wildman–Crippen LogP) is 2.34. The molecule has 0 radical (unpaired) electrons. The molecule has 1 aliphatic rings. The van der Waals surface area contributed by atoms with Crippen molar-refractivity contribution in [3.05, 3.63) is 24.3 Å². The molecule has 1 unspecified atom stereocenters. The van der Waals surface area contributed by atoms with Gasteiger partial charge in [0.15, 0.2) is 0 Å². The molecule has 4 heteroatoms. The highest BCUT2D eigenvalue weighted by Gasteiger charge is 2.24. The summed E-state index contributed by atoms with van der Waals surface area (Å²) in [5.41, 5.74) is 1.13. The van der Waals surface area contributed by atoms with Crippen LogP contribution in [0.4, 0.5) is 5.00 Å². The van der Waals surface area contributed by atoms with Gasteiger partial charge in [-0.15, -0.1) is 0 Å². The maximum atomic E-state index is 4.52. The van der Waals surface area contributed by atoms with E-state index in [1.807, 2.05) is 7.05 Å². The number of nitrogens with one attached hydrogen (secondary N) is 1. The fourth-order valence-electron chi connectivity index (χ4n) is 2.58. The van der Waals surface area contributed by atoms with Crippen LogP contribution in [0.25, 0.3) is 10.9 Å². The summed E-state index contributed by atoms with van der Waals surface area (Å²) < 4.78 is 4.52. The summed E-state index contributed by atoms with van der Waals surface area (Å²) in [6, 6.07) is 8.43. The number of rotatable bonds is 3. The minimum atomic E-state index is 0.779. The zero-order valence-electron chi connectivity index (χ0n) is 10.0. The number of nitrogens with zero attached hydrogens (tertiary/aromatic N) is 2. The lowest BCUT2D eigenvalue weighted by atomic mass is 10.1. The van der Waals surface area contributed by atoms with Gasteiger partial charge in [-0.1, -0.05) is 12.1 Å². The summed E-state index contributed by atoms with van der Waals surface area (Å²) in [7, 11) is 2.03. The van der Waals surface area contributed by atoms with E-state index in [9.17, 15) is 0 Å². The van der Waals surface area contributed by atoms with Gasteiger partial charge in [-0.3, -0.25) is 0 Å². The first-order valence-electron chi connectivity index (χ1n) is 6.12. The second-order valence-corrected chi connectivity index (χ2v) is 5.42. The summed E-state index contributed by atoms with van der Waals surface area (Å²) in [4.78, 5) is 2.49. The van der Waals surface area contributed by atoms with Crippen LogP contribution in [0.1, 0.15) is 6.42 Å². The van der Waals surface area contributed by atoms with Crippen molar-refractivity contribution in [1.82, 2.24) is 9.69 Å². The molecule has 0 spiro atoms. The molecule has 1 aromatic heterocycles. The minimum Gasteiger partial charge on any atom is -0.361 e. The molecular formula is C13H17N3S. The zero-order valence-corrected chi connectivity index (χ0v) is 10.8. The van der Waals surface area contributed by atoms with Crippen molar-refractivity contribution < 1.29 is 0 Å². The van der Waals surface area contributed by atoms with Crippen LogP contribution in [0.3, 0.4) is 0 Å². The van der Waals surface area contributed by atoms with Crippen molar-refractivity contribution >= 4 is 27.4 Å². The SMILES string of the molecule is CNCC1CCN(c2snc3ccccc23)C1. The summed E-state index contributed by atoms with van der Waals surface area (Å²) in [5, 5.41) is 5.93. The van der Waals surface area contributed by atoms with Crippen LogP contribution in [0.15, 0.2) is 24.3 Å². The Morgan fingerprint density at radius 3 is 3.24 bits per heavy atom. The standard InChI is InChI=1S/C13H17N3S/c1-14-8-10-6-7-16(9-10)13-11-4-2-3-5-12(11)15-17-13/h2-5,10,14H,6-9H2,1H3. The fourth-order valence-corrected chi connectivity index (χ4v) is 3.47. The van der Waals surface area contributed by atoms with E-state index in [1.54, 1.807) is 11.5 Å². The molecule has 1 N–H and O–H groups in total. The molecule has 90 valence electrons. The van der Waals surface area contributed by atoms with E-state index in [2.05, 4.69) is 38.9 Å². The lowest BCUT2D eigenvalue weighted by molar-refractivity contribution is 0.549. The zero-order chi connectivity index (χ0) is 11.7. The van der Waals surface area contributed by atoms with E-state index < -0.39 is 0 Å². The number of hydrogen-bond acceptors (Lipinski definition) is 4. The third-order valence-electron chi connectivity index (χ3n) is 3.43. The van der Waals surface area contributed by atoms with Gasteiger partial charge in [-0.2, -0.15) is 4.37 Å². The monoisotopic (exact) mass is 247 g/mol. The first-order chi connectivity index (χ1) is 8.38. The van der Waals surface area contributed by atoms with Crippen LogP contribution in [0.2, 0.25) is 0 Å². The lowest BCUT2D eigenvalue weighted by Gasteiger charge is -2.16. The molecule has 2 aromatic rings. The van der Waals surface area contributed by atoms with E-state index in [4.69, 9.17) is 0 Å². The Morgan fingerprint density at radius 2 is 2.35 bits per heavy atom. The smallest absolute Gasteiger partial charge is 0.119 e. The Labute approximate surface area is 106 Å². The number of benzene rings is 1. The van der Waals surface area contributed by atoms with Gasteiger partial charge in [0.25, 0.3) is 0 Å². The van der Waals surface area contributed by atoms with Crippen molar-refractivity contribution in [1.29, 1.82) is 0 Å². The second-order valence-electron chi connectivity index (χ2n) is 4.66. The van der Waals surface area contributed by atoms with Crippen LogP contribution in [0, 0.1) is 5.92 Å². The molecule has 1 saturated heterocycles. The molecule has 0 aliphatic carbocycles. The average molecular weight is 247 g/mol. The molecule has 0 bridgehead atoms. The summed E-state index contributed by atoms with van der Waals surface area (Å²) in [6.07, 6.45) is 1.28. The Bertz CT molecular complexity index is 508. The Morgan fingerprint density at radius 1 is 1.47 bits per heavy atom. The van der Waals surface area contributed by atoms with Crippen LogP contribution < -0.4 is 10.2 Å². The van der Waals surface area contributed by atoms with Crippen molar-refractivity contribution in [2.75, 3.05) is 31.6 Å². The van der Waals surface area contributed by atoms with Gasteiger partial charge >= 0.3 is 0 Å². The summed E-state index contributed by atoms with van der Waals surface area (Å²) in [6.45, 7) is 3.44. The highest BCUT2D eigenvalue weighted by Crippen LogP contribution is 2.34. The summed E-state index contributed by atoms with van der Waals surface area (Å²) >= 11 is 1.64. The maximum Gasteiger partial charge on any atom is 0.119 e. The molecule has 0 saturated carbocycles. The van der Waals surface area contributed by atoms with Crippen LogP contribution in [0.5, 0.6) is 0 Å². The van der Waals surface area contributed by atoms with Gasteiger partial charge in [0.2, 0.25) is 0 Å². The normalized spacial score (nSPS) is 20.3. The quantitative estimate of drug-likeness (QED) is 0.902. The van der Waals surface area contributed by atoms with Crippen molar-refractivity contribution in [2.24, 2.45) is 5.92 Å². The Hall–Kier alpha value is -1.13. The first-order valence-corrected chi connectivity index (χ1v) is 6.90. The molecule has 17 heavy (non-hydrogen) atoms. The highest BCUT2D eigenvalue weighted by molar-refractivity contribution is 7.11. The molecule has 1 fully saturated rings.